The molecule has 106 valence electrons. The highest BCUT2D eigenvalue weighted by Crippen LogP contribution is 2.21. The van der Waals surface area contributed by atoms with Crippen LogP contribution in [0.3, 0.4) is 0 Å². The molecule has 1 atom stereocenters. The highest BCUT2D eigenvalue weighted by Gasteiger charge is 2.17. The van der Waals surface area contributed by atoms with Crippen molar-refractivity contribution in [3.8, 4) is 0 Å². The number of hydrogen-bond donors (Lipinski definition) is 1. The van der Waals surface area contributed by atoms with Crippen LogP contribution in [-0.4, -0.2) is 29.6 Å². The van der Waals surface area contributed by atoms with Crippen LogP contribution in [0.25, 0.3) is 0 Å². The average Bonchev–Trinajstić information content (AvgIpc) is 2.95. The molecule has 0 aliphatic heterocycles. The zero-order chi connectivity index (χ0) is 14.5. The first-order chi connectivity index (χ1) is 9.58. The predicted molar refractivity (Wildman–Crippen MR) is 76.9 cm³/mol. The van der Waals surface area contributed by atoms with Crippen LogP contribution in [0.2, 0.25) is 0 Å². The van der Waals surface area contributed by atoms with Crippen molar-refractivity contribution in [1.29, 1.82) is 0 Å². The topological polar surface area (TPSA) is 53.7 Å². The zero-order valence-corrected chi connectivity index (χ0v) is 11.7. The van der Waals surface area contributed by atoms with E-state index in [1.54, 1.807) is 6.07 Å². The molecule has 2 rings (SSSR count). The smallest absolute Gasteiger partial charge is 0.371 e. The van der Waals surface area contributed by atoms with Gasteiger partial charge in [-0.3, -0.25) is 4.90 Å². The fraction of sp³-hybridized carbons (Fsp3) is 0.312. The normalized spacial score (nSPS) is 12.6. The number of hydrogen-bond acceptors (Lipinski definition) is 3. The Morgan fingerprint density at radius 3 is 2.55 bits per heavy atom. The summed E-state index contributed by atoms with van der Waals surface area (Å²) >= 11 is 0. The van der Waals surface area contributed by atoms with Crippen LogP contribution in [0.15, 0.2) is 46.9 Å². The summed E-state index contributed by atoms with van der Waals surface area (Å²) in [5.41, 5.74) is 1.29. The number of carboxylic acid groups (broad SMARTS) is 1. The summed E-state index contributed by atoms with van der Waals surface area (Å²) in [4.78, 5) is 13.0. The maximum Gasteiger partial charge on any atom is 0.371 e. The van der Waals surface area contributed by atoms with E-state index in [1.165, 1.54) is 11.6 Å². The molecule has 0 aliphatic carbocycles. The van der Waals surface area contributed by atoms with E-state index in [0.717, 1.165) is 13.0 Å². The van der Waals surface area contributed by atoms with Gasteiger partial charge in [-0.25, -0.2) is 4.79 Å². The third kappa shape index (κ3) is 3.48. The van der Waals surface area contributed by atoms with Crippen molar-refractivity contribution in [2.24, 2.45) is 0 Å². The lowest BCUT2D eigenvalue weighted by Crippen LogP contribution is -2.24. The maximum absolute atomic E-state index is 10.8. The molecule has 1 aromatic heterocycles. The minimum Gasteiger partial charge on any atom is -0.475 e. The van der Waals surface area contributed by atoms with Gasteiger partial charge in [-0.2, -0.15) is 0 Å². The van der Waals surface area contributed by atoms with Gasteiger partial charge >= 0.3 is 5.97 Å². The Kier molecular flexibility index (Phi) is 4.58. The van der Waals surface area contributed by atoms with Gasteiger partial charge < -0.3 is 9.52 Å². The van der Waals surface area contributed by atoms with E-state index in [-0.39, 0.29) is 11.8 Å². The summed E-state index contributed by atoms with van der Waals surface area (Å²) in [6.45, 7) is 2.89. The van der Waals surface area contributed by atoms with Gasteiger partial charge in [-0.05, 0) is 38.1 Å². The molecular weight excluding hydrogens is 254 g/mol. The number of nitrogens with zero attached hydrogens (tertiary/aromatic N) is 1. The Morgan fingerprint density at radius 1 is 1.25 bits per heavy atom. The molecule has 1 unspecified atom stereocenters. The van der Waals surface area contributed by atoms with Gasteiger partial charge in [0.05, 0.1) is 6.04 Å². The molecule has 0 amide bonds. The first-order valence-electron chi connectivity index (χ1n) is 6.65. The van der Waals surface area contributed by atoms with E-state index in [4.69, 9.17) is 9.52 Å². The van der Waals surface area contributed by atoms with E-state index in [1.807, 2.05) is 32.2 Å². The van der Waals surface area contributed by atoms with Gasteiger partial charge in [0.25, 0.3) is 0 Å². The van der Waals surface area contributed by atoms with E-state index in [0.29, 0.717) is 5.76 Å². The second kappa shape index (κ2) is 6.39. The Bertz CT molecular complexity index is 562. The number of benzene rings is 1. The fourth-order valence-electron chi connectivity index (χ4n) is 2.05. The van der Waals surface area contributed by atoms with Crippen LogP contribution in [0.5, 0.6) is 0 Å². The molecule has 1 aromatic carbocycles. The first kappa shape index (κ1) is 14.3. The van der Waals surface area contributed by atoms with Crippen molar-refractivity contribution in [3.05, 3.63) is 59.5 Å². The van der Waals surface area contributed by atoms with E-state index in [9.17, 15) is 4.79 Å². The molecule has 0 radical (unpaired) electrons. The molecule has 1 N–H and O–H groups in total. The molecule has 4 heteroatoms. The van der Waals surface area contributed by atoms with Crippen LogP contribution >= 0.6 is 0 Å². The molecule has 0 saturated carbocycles. The van der Waals surface area contributed by atoms with Crippen molar-refractivity contribution in [1.82, 2.24) is 4.90 Å². The minimum atomic E-state index is -1.03. The van der Waals surface area contributed by atoms with Gasteiger partial charge in [0.15, 0.2) is 0 Å². The van der Waals surface area contributed by atoms with Crippen molar-refractivity contribution in [3.63, 3.8) is 0 Å². The van der Waals surface area contributed by atoms with Gasteiger partial charge in [-0.15, -0.1) is 0 Å². The monoisotopic (exact) mass is 273 g/mol. The van der Waals surface area contributed by atoms with Crippen LogP contribution < -0.4 is 0 Å². The third-order valence-corrected chi connectivity index (χ3v) is 3.51. The third-order valence-electron chi connectivity index (χ3n) is 3.51. The highest BCUT2D eigenvalue weighted by atomic mass is 16.4. The minimum absolute atomic E-state index is 0.0108. The highest BCUT2D eigenvalue weighted by molar-refractivity contribution is 5.84. The number of carboxylic acids is 1. The van der Waals surface area contributed by atoms with Crippen LogP contribution in [0.1, 0.15) is 34.8 Å². The number of likely N-dealkylation sites (N-methyl/N-ethyl adjacent to an activating group) is 1. The Morgan fingerprint density at radius 2 is 1.95 bits per heavy atom. The fourth-order valence-corrected chi connectivity index (χ4v) is 2.05. The largest absolute Gasteiger partial charge is 0.475 e. The Balaban J connectivity index is 1.94. The second-order valence-corrected chi connectivity index (χ2v) is 4.90. The molecular formula is C16H19NO3. The van der Waals surface area contributed by atoms with Crippen molar-refractivity contribution in [2.75, 3.05) is 13.6 Å². The molecule has 1 heterocycles. The predicted octanol–water partition coefficient (Wildman–Crippen LogP) is 3.21. The molecule has 0 fully saturated rings. The van der Waals surface area contributed by atoms with E-state index >= 15 is 0 Å². The summed E-state index contributed by atoms with van der Waals surface area (Å²) in [7, 11) is 2.01. The van der Waals surface area contributed by atoms with Crippen molar-refractivity contribution in [2.45, 2.75) is 19.4 Å². The average molecular weight is 273 g/mol. The lowest BCUT2D eigenvalue weighted by Gasteiger charge is -2.22. The van der Waals surface area contributed by atoms with Crippen molar-refractivity contribution < 1.29 is 14.3 Å². The van der Waals surface area contributed by atoms with Gasteiger partial charge in [0.2, 0.25) is 5.76 Å². The number of furan rings is 1. The molecule has 0 aliphatic rings. The molecule has 20 heavy (non-hydrogen) atoms. The molecule has 0 bridgehead atoms. The van der Waals surface area contributed by atoms with Crippen LogP contribution in [-0.2, 0) is 6.42 Å². The molecule has 2 aromatic rings. The lowest BCUT2D eigenvalue weighted by atomic mass is 10.1. The van der Waals surface area contributed by atoms with E-state index < -0.39 is 5.97 Å². The van der Waals surface area contributed by atoms with E-state index in [2.05, 4.69) is 17.0 Å². The van der Waals surface area contributed by atoms with Crippen LogP contribution in [0, 0.1) is 0 Å². The summed E-state index contributed by atoms with van der Waals surface area (Å²) in [6, 6.07) is 13.6. The number of rotatable bonds is 6. The standard InChI is InChI=1S/C16H19NO3/c1-12(14-8-9-15(20-14)16(18)19)17(2)11-10-13-6-4-3-5-7-13/h3-9,12H,10-11H2,1-2H3,(H,18,19). The summed E-state index contributed by atoms with van der Waals surface area (Å²) < 4.78 is 5.34. The summed E-state index contributed by atoms with van der Waals surface area (Å²) in [6.07, 6.45) is 0.953. The van der Waals surface area contributed by atoms with Crippen LogP contribution in [0.4, 0.5) is 0 Å². The zero-order valence-electron chi connectivity index (χ0n) is 11.7. The van der Waals surface area contributed by atoms with Gasteiger partial charge in [0.1, 0.15) is 5.76 Å². The molecule has 0 spiro atoms. The lowest BCUT2D eigenvalue weighted by molar-refractivity contribution is 0.0657. The molecule has 4 nitrogen and oxygen atoms in total. The second-order valence-electron chi connectivity index (χ2n) is 4.90. The SMILES string of the molecule is CC(c1ccc(C(=O)O)o1)N(C)CCc1ccccc1. The van der Waals surface area contributed by atoms with Gasteiger partial charge in [-0.1, -0.05) is 30.3 Å². The quantitative estimate of drug-likeness (QED) is 0.878. The van der Waals surface area contributed by atoms with Crippen molar-refractivity contribution >= 4 is 5.97 Å². The molecule has 0 saturated heterocycles. The number of aromatic carboxylic acids is 1. The Labute approximate surface area is 118 Å². The number of carbonyl (C=O) groups is 1. The summed E-state index contributed by atoms with van der Waals surface area (Å²) in [5, 5.41) is 8.86. The maximum atomic E-state index is 10.8. The van der Waals surface area contributed by atoms with Gasteiger partial charge in [0, 0.05) is 6.54 Å². The first-order valence-corrected chi connectivity index (χ1v) is 6.65. The summed E-state index contributed by atoms with van der Waals surface area (Å²) in [5.74, 6) is -0.364. The Hall–Kier alpha value is -2.07.